The van der Waals surface area contributed by atoms with E-state index in [9.17, 15) is 0 Å². The summed E-state index contributed by atoms with van der Waals surface area (Å²) in [7, 11) is 0. The molecule has 0 heterocycles. The molecule has 3 heteroatoms. The highest BCUT2D eigenvalue weighted by atomic mass is 35.5. The number of hydrogen-bond donors (Lipinski definition) is 0. The topological polar surface area (TPSA) is 18.5 Å². The minimum atomic E-state index is 0.0718. The van der Waals surface area contributed by atoms with Crippen molar-refractivity contribution in [1.82, 2.24) is 0 Å². The van der Waals surface area contributed by atoms with E-state index >= 15 is 0 Å². The second-order valence-electron chi connectivity index (χ2n) is 4.57. The molecule has 0 aliphatic carbocycles. The molecule has 0 saturated heterocycles. The van der Waals surface area contributed by atoms with Crippen molar-refractivity contribution in [3.8, 4) is 17.2 Å². The van der Waals surface area contributed by atoms with Gasteiger partial charge in [-0.2, -0.15) is 0 Å². The Labute approximate surface area is 125 Å². The van der Waals surface area contributed by atoms with Gasteiger partial charge in [-0.3, -0.25) is 0 Å². The molecule has 0 aliphatic heterocycles. The van der Waals surface area contributed by atoms with E-state index in [2.05, 4.69) is 6.92 Å². The highest BCUT2D eigenvalue weighted by molar-refractivity contribution is 6.18. The molecule has 20 heavy (non-hydrogen) atoms. The molecule has 0 aromatic heterocycles. The Morgan fingerprint density at radius 3 is 2.10 bits per heavy atom. The maximum atomic E-state index is 5.89. The van der Waals surface area contributed by atoms with Gasteiger partial charge in [0.05, 0.1) is 5.88 Å². The van der Waals surface area contributed by atoms with Crippen LogP contribution in [0.15, 0.2) is 54.6 Å². The van der Waals surface area contributed by atoms with Crippen LogP contribution in [0.2, 0.25) is 0 Å². The summed E-state index contributed by atoms with van der Waals surface area (Å²) in [6, 6.07) is 17.3. The zero-order chi connectivity index (χ0) is 14.2. The predicted octanol–water partition coefficient (Wildman–Crippen LogP) is 5.27. The summed E-state index contributed by atoms with van der Waals surface area (Å²) in [6.07, 6.45) is 2.10. The zero-order valence-corrected chi connectivity index (χ0v) is 12.3. The van der Waals surface area contributed by atoms with Crippen LogP contribution in [0.4, 0.5) is 0 Å². The Bertz CT molecular complexity index is 496. The number of halogens is 1. The Hall–Kier alpha value is -1.67. The normalized spacial score (nSPS) is 11.9. The third-order valence-corrected chi connectivity index (χ3v) is 3.23. The number of hydrogen-bond acceptors (Lipinski definition) is 2. The van der Waals surface area contributed by atoms with Crippen LogP contribution in [-0.2, 0) is 0 Å². The van der Waals surface area contributed by atoms with Crippen molar-refractivity contribution in [1.29, 1.82) is 0 Å². The standard InChI is InChI=1S/C17H19ClO2/c1-2-6-17(13-18)20-16-11-9-15(10-12-16)19-14-7-4-3-5-8-14/h3-5,7-12,17H,2,6,13H2,1H3. The van der Waals surface area contributed by atoms with Gasteiger partial charge in [0.15, 0.2) is 0 Å². The highest BCUT2D eigenvalue weighted by Gasteiger charge is 2.08. The molecule has 0 spiro atoms. The summed E-state index contributed by atoms with van der Waals surface area (Å²) in [5.74, 6) is 2.95. The first-order valence-corrected chi connectivity index (χ1v) is 7.41. The van der Waals surface area contributed by atoms with E-state index < -0.39 is 0 Å². The predicted molar refractivity (Wildman–Crippen MR) is 83.0 cm³/mol. The molecule has 0 fully saturated rings. The van der Waals surface area contributed by atoms with Gasteiger partial charge in [-0.15, -0.1) is 11.6 Å². The molecule has 1 unspecified atom stereocenters. The Morgan fingerprint density at radius 1 is 0.900 bits per heavy atom. The van der Waals surface area contributed by atoms with E-state index in [0.717, 1.165) is 30.1 Å². The average molecular weight is 291 g/mol. The van der Waals surface area contributed by atoms with E-state index in [0.29, 0.717) is 5.88 Å². The first-order chi connectivity index (χ1) is 9.81. The smallest absolute Gasteiger partial charge is 0.127 e. The highest BCUT2D eigenvalue weighted by Crippen LogP contribution is 2.24. The van der Waals surface area contributed by atoms with Crippen LogP contribution >= 0.6 is 11.6 Å². The molecule has 0 amide bonds. The first-order valence-electron chi connectivity index (χ1n) is 6.87. The lowest BCUT2D eigenvalue weighted by Crippen LogP contribution is -2.17. The molecule has 0 aliphatic rings. The monoisotopic (exact) mass is 290 g/mol. The van der Waals surface area contributed by atoms with Crippen molar-refractivity contribution in [2.75, 3.05) is 5.88 Å². The molecule has 2 rings (SSSR count). The fourth-order valence-corrected chi connectivity index (χ4v) is 2.11. The minimum absolute atomic E-state index is 0.0718. The van der Waals surface area contributed by atoms with Gasteiger partial charge in [0.2, 0.25) is 0 Å². The molecular weight excluding hydrogens is 272 g/mol. The molecule has 0 saturated carbocycles. The van der Waals surface area contributed by atoms with Crippen molar-refractivity contribution in [2.45, 2.75) is 25.9 Å². The molecule has 0 N–H and O–H groups in total. The van der Waals surface area contributed by atoms with E-state index in [-0.39, 0.29) is 6.10 Å². The number of ether oxygens (including phenoxy) is 2. The average Bonchev–Trinajstić information content (AvgIpc) is 2.50. The van der Waals surface area contributed by atoms with Crippen LogP contribution in [-0.4, -0.2) is 12.0 Å². The lowest BCUT2D eigenvalue weighted by Gasteiger charge is -2.16. The van der Waals surface area contributed by atoms with Gasteiger partial charge in [-0.05, 0) is 42.8 Å². The number of para-hydroxylation sites is 1. The minimum Gasteiger partial charge on any atom is -0.489 e. The lowest BCUT2D eigenvalue weighted by molar-refractivity contribution is 0.213. The maximum absolute atomic E-state index is 5.89. The molecule has 1 atom stereocenters. The second kappa shape index (κ2) is 7.81. The van der Waals surface area contributed by atoms with Crippen LogP contribution in [0.3, 0.4) is 0 Å². The fourth-order valence-electron chi connectivity index (χ4n) is 1.89. The summed E-state index contributed by atoms with van der Waals surface area (Å²) in [5, 5.41) is 0. The largest absolute Gasteiger partial charge is 0.489 e. The van der Waals surface area contributed by atoms with Crippen molar-refractivity contribution in [2.24, 2.45) is 0 Å². The molecule has 0 radical (unpaired) electrons. The van der Waals surface area contributed by atoms with Crippen LogP contribution < -0.4 is 9.47 Å². The molecule has 2 nitrogen and oxygen atoms in total. The summed E-state index contributed by atoms with van der Waals surface area (Å²) in [4.78, 5) is 0. The SMILES string of the molecule is CCCC(CCl)Oc1ccc(Oc2ccccc2)cc1. The molecular formula is C17H19ClO2. The van der Waals surface area contributed by atoms with Crippen molar-refractivity contribution in [3.63, 3.8) is 0 Å². The lowest BCUT2D eigenvalue weighted by atomic mass is 10.2. The van der Waals surface area contributed by atoms with Gasteiger partial charge >= 0.3 is 0 Å². The van der Waals surface area contributed by atoms with Crippen LogP contribution in [0.25, 0.3) is 0 Å². The summed E-state index contributed by atoms with van der Waals surface area (Å²) >= 11 is 5.89. The van der Waals surface area contributed by atoms with Crippen molar-refractivity contribution >= 4 is 11.6 Å². The molecule has 106 valence electrons. The summed E-state index contributed by atoms with van der Waals surface area (Å²) in [5.41, 5.74) is 0. The van der Waals surface area contributed by atoms with Gasteiger partial charge in [-0.25, -0.2) is 0 Å². The van der Waals surface area contributed by atoms with Gasteiger partial charge < -0.3 is 9.47 Å². The Morgan fingerprint density at radius 2 is 1.50 bits per heavy atom. The first kappa shape index (κ1) is 14.7. The Kier molecular flexibility index (Phi) is 5.75. The fraction of sp³-hybridized carbons (Fsp3) is 0.294. The van der Waals surface area contributed by atoms with Crippen LogP contribution in [0, 0.1) is 0 Å². The Balaban J connectivity index is 1.96. The van der Waals surface area contributed by atoms with Crippen LogP contribution in [0.1, 0.15) is 19.8 Å². The van der Waals surface area contributed by atoms with Gasteiger partial charge in [0.25, 0.3) is 0 Å². The van der Waals surface area contributed by atoms with Gasteiger partial charge in [0.1, 0.15) is 23.4 Å². The van der Waals surface area contributed by atoms with Gasteiger partial charge in [-0.1, -0.05) is 31.5 Å². The summed E-state index contributed by atoms with van der Waals surface area (Å²) in [6.45, 7) is 2.12. The molecule has 2 aromatic carbocycles. The van der Waals surface area contributed by atoms with Crippen molar-refractivity contribution < 1.29 is 9.47 Å². The van der Waals surface area contributed by atoms with E-state index in [1.165, 1.54) is 0 Å². The van der Waals surface area contributed by atoms with Crippen molar-refractivity contribution in [3.05, 3.63) is 54.6 Å². The van der Waals surface area contributed by atoms with E-state index in [1.807, 2.05) is 54.6 Å². The summed E-state index contributed by atoms with van der Waals surface area (Å²) < 4.78 is 11.6. The van der Waals surface area contributed by atoms with Crippen LogP contribution in [0.5, 0.6) is 17.2 Å². The molecule has 0 bridgehead atoms. The number of rotatable bonds is 7. The van der Waals surface area contributed by atoms with Gasteiger partial charge in [0, 0.05) is 0 Å². The maximum Gasteiger partial charge on any atom is 0.127 e. The zero-order valence-electron chi connectivity index (χ0n) is 11.6. The quantitative estimate of drug-likeness (QED) is 0.647. The molecule has 2 aromatic rings. The third-order valence-electron chi connectivity index (χ3n) is 2.89. The van der Waals surface area contributed by atoms with E-state index in [4.69, 9.17) is 21.1 Å². The third kappa shape index (κ3) is 4.46. The number of alkyl halides is 1. The second-order valence-corrected chi connectivity index (χ2v) is 4.88. The van der Waals surface area contributed by atoms with E-state index in [1.54, 1.807) is 0 Å². The number of benzene rings is 2.